The normalized spacial score (nSPS) is 11.3. The third-order valence-electron chi connectivity index (χ3n) is 3.97. The molecule has 1 unspecified atom stereocenters. The minimum absolute atomic E-state index is 0.0824. The van der Waals surface area contributed by atoms with Gasteiger partial charge in [-0.15, -0.1) is 0 Å². The molecule has 0 fully saturated rings. The van der Waals surface area contributed by atoms with Gasteiger partial charge in [0.2, 0.25) is 0 Å². The van der Waals surface area contributed by atoms with E-state index in [-0.39, 0.29) is 6.04 Å². The molecule has 3 aromatic rings. The quantitative estimate of drug-likeness (QED) is 0.536. The van der Waals surface area contributed by atoms with Gasteiger partial charge in [-0.05, 0) is 55.2 Å². The molecule has 0 heterocycles. The van der Waals surface area contributed by atoms with Crippen LogP contribution in [-0.4, -0.2) is 17.2 Å². The summed E-state index contributed by atoms with van der Waals surface area (Å²) in [5, 5.41) is 0. The number of ether oxygens (including phenoxy) is 1. The fourth-order valence-corrected chi connectivity index (χ4v) is 2.84. The Labute approximate surface area is 166 Å². The Morgan fingerprint density at radius 3 is 1.93 bits per heavy atom. The Balaban J connectivity index is 0.000000194. The van der Waals surface area contributed by atoms with Crippen molar-refractivity contribution in [2.75, 3.05) is 6.61 Å². The molecular weight excluding hydrogens is 354 g/mol. The number of benzene rings is 3. The molecule has 0 saturated heterocycles. The Bertz CT molecular complexity index is 797. The van der Waals surface area contributed by atoms with Crippen LogP contribution >= 0.6 is 12.0 Å². The van der Waals surface area contributed by atoms with E-state index >= 15 is 0 Å². The van der Waals surface area contributed by atoms with Crippen LogP contribution in [-0.2, 0) is 0 Å². The average molecular weight is 382 g/mol. The van der Waals surface area contributed by atoms with Gasteiger partial charge in [-0.3, -0.25) is 0 Å². The van der Waals surface area contributed by atoms with E-state index in [0.717, 1.165) is 22.7 Å². The van der Waals surface area contributed by atoms with E-state index in [2.05, 4.69) is 12.1 Å². The van der Waals surface area contributed by atoms with E-state index < -0.39 is 0 Å². The summed E-state index contributed by atoms with van der Waals surface area (Å²) < 4.78 is 14.4. The first kappa shape index (κ1) is 21.0. The Morgan fingerprint density at radius 1 is 0.852 bits per heavy atom. The summed E-state index contributed by atoms with van der Waals surface area (Å²) in [4.78, 5) is 0.865. The lowest BCUT2D eigenvalue weighted by Crippen LogP contribution is -2.24. The maximum atomic E-state index is 8.82. The van der Waals surface area contributed by atoms with Crippen LogP contribution < -0.4 is 10.5 Å². The molecule has 3 N–H and O–H groups in total. The van der Waals surface area contributed by atoms with Crippen LogP contribution in [0, 0.1) is 13.8 Å². The number of para-hydroxylation sites is 1. The number of aryl methyl sites for hydroxylation is 2. The molecule has 3 nitrogen and oxygen atoms in total. The average Bonchev–Trinajstić information content (AvgIpc) is 2.69. The highest BCUT2D eigenvalue weighted by molar-refractivity contribution is 7.93. The highest BCUT2D eigenvalue weighted by Gasteiger charge is 2.03. The second kappa shape index (κ2) is 10.8. The molecule has 0 aliphatic rings. The van der Waals surface area contributed by atoms with Crippen molar-refractivity contribution in [2.24, 2.45) is 5.73 Å². The van der Waals surface area contributed by atoms with Crippen molar-refractivity contribution in [2.45, 2.75) is 31.7 Å². The lowest BCUT2D eigenvalue weighted by Gasteiger charge is -2.13. The lowest BCUT2D eigenvalue weighted by atomic mass is 10.1. The molecule has 0 spiro atoms. The van der Waals surface area contributed by atoms with Crippen LogP contribution in [0.15, 0.2) is 77.7 Å². The SMILES string of the molecule is Cc1cccc(C)c1OCC(C)N.OSc1ccc(-c2ccccc2)cc1. The molecule has 0 amide bonds. The van der Waals surface area contributed by atoms with Crippen molar-refractivity contribution < 1.29 is 9.29 Å². The van der Waals surface area contributed by atoms with Gasteiger partial charge in [0.1, 0.15) is 12.4 Å². The fraction of sp³-hybridized carbons (Fsp3) is 0.217. The molecule has 0 aromatic heterocycles. The number of nitrogens with two attached hydrogens (primary N) is 1. The molecule has 0 bridgehead atoms. The van der Waals surface area contributed by atoms with Crippen molar-refractivity contribution in [3.05, 3.63) is 83.9 Å². The summed E-state index contributed by atoms with van der Waals surface area (Å²) in [6, 6.07) is 24.2. The van der Waals surface area contributed by atoms with Gasteiger partial charge in [0.25, 0.3) is 0 Å². The maximum absolute atomic E-state index is 8.82. The van der Waals surface area contributed by atoms with Gasteiger partial charge in [-0.1, -0.05) is 60.7 Å². The van der Waals surface area contributed by atoms with Crippen molar-refractivity contribution in [3.8, 4) is 16.9 Å². The van der Waals surface area contributed by atoms with Crippen LogP contribution in [0.5, 0.6) is 5.75 Å². The van der Waals surface area contributed by atoms with Crippen LogP contribution in [0.4, 0.5) is 0 Å². The van der Waals surface area contributed by atoms with Crippen molar-refractivity contribution >= 4 is 12.0 Å². The predicted octanol–water partition coefficient (Wildman–Crippen LogP) is 5.95. The second-order valence-corrected chi connectivity index (χ2v) is 7.14. The fourth-order valence-electron chi connectivity index (χ4n) is 2.58. The zero-order chi connectivity index (χ0) is 19.6. The largest absolute Gasteiger partial charge is 0.491 e. The van der Waals surface area contributed by atoms with E-state index in [1.807, 2.05) is 81.4 Å². The van der Waals surface area contributed by atoms with Gasteiger partial charge in [0.15, 0.2) is 0 Å². The van der Waals surface area contributed by atoms with Gasteiger partial charge >= 0.3 is 0 Å². The zero-order valence-corrected chi connectivity index (χ0v) is 16.9. The minimum Gasteiger partial charge on any atom is -0.491 e. The van der Waals surface area contributed by atoms with Crippen molar-refractivity contribution in [1.29, 1.82) is 0 Å². The van der Waals surface area contributed by atoms with Gasteiger partial charge in [0.05, 0.1) is 0 Å². The molecule has 0 aliphatic heterocycles. The molecule has 0 radical (unpaired) electrons. The molecule has 0 aliphatic carbocycles. The molecule has 1 atom stereocenters. The molecular formula is C23H27NO2S. The van der Waals surface area contributed by atoms with Gasteiger partial charge in [-0.25, -0.2) is 0 Å². The van der Waals surface area contributed by atoms with Crippen LogP contribution in [0.25, 0.3) is 11.1 Å². The molecule has 27 heavy (non-hydrogen) atoms. The second-order valence-electron chi connectivity index (χ2n) is 6.49. The van der Waals surface area contributed by atoms with Crippen molar-refractivity contribution in [1.82, 2.24) is 0 Å². The monoisotopic (exact) mass is 381 g/mol. The Hall–Kier alpha value is -2.27. The number of rotatable bonds is 5. The lowest BCUT2D eigenvalue weighted by molar-refractivity contribution is 0.292. The summed E-state index contributed by atoms with van der Waals surface area (Å²) >= 11 is 0.773. The highest BCUT2D eigenvalue weighted by atomic mass is 32.2. The summed E-state index contributed by atoms with van der Waals surface area (Å²) in [5.74, 6) is 0.972. The standard InChI is InChI=1S/C12H10OS.C11H17NO/c13-14-12-8-6-11(7-9-12)10-4-2-1-3-5-10;1-8-5-4-6-9(2)11(8)13-7-10(3)12/h1-9,13H;4-6,10H,7,12H2,1-3H3. The van der Waals surface area contributed by atoms with E-state index in [1.165, 1.54) is 22.3 Å². The zero-order valence-electron chi connectivity index (χ0n) is 16.1. The molecule has 3 rings (SSSR count). The van der Waals surface area contributed by atoms with E-state index in [0.29, 0.717) is 6.61 Å². The van der Waals surface area contributed by atoms with E-state index in [1.54, 1.807) is 0 Å². The number of hydrogen-bond acceptors (Lipinski definition) is 4. The topological polar surface area (TPSA) is 55.5 Å². The molecule has 3 aromatic carbocycles. The van der Waals surface area contributed by atoms with Crippen LogP contribution in [0.3, 0.4) is 0 Å². The molecule has 4 heteroatoms. The van der Waals surface area contributed by atoms with E-state index in [9.17, 15) is 0 Å². The first-order valence-electron chi connectivity index (χ1n) is 8.92. The first-order chi connectivity index (χ1) is 13.0. The van der Waals surface area contributed by atoms with Gasteiger partial charge < -0.3 is 15.0 Å². The van der Waals surface area contributed by atoms with Crippen molar-refractivity contribution in [3.63, 3.8) is 0 Å². The third-order valence-corrected chi connectivity index (χ3v) is 4.45. The van der Waals surface area contributed by atoms with Crippen LogP contribution in [0.1, 0.15) is 18.1 Å². The minimum atomic E-state index is 0.0824. The summed E-state index contributed by atoms with van der Waals surface area (Å²) in [5.41, 5.74) is 10.3. The maximum Gasteiger partial charge on any atom is 0.125 e. The summed E-state index contributed by atoms with van der Waals surface area (Å²) in [7, 11) is 0. The highest BCUT2D eigenvalue weighted by Crippen LogP contribution is 2.23. The molecule has 0 saturated carbocycles. The third kappa shape index (κ3) is 6.75. The van der Waals surface area contributed by atoms with Gasteiger partial charge in [0, 0.05) is 23.0 Å². The first-order valence-corrected chi connectivity index (χ1v) is 9.70. The van der Waals surface area contributed by atoms with Crippen LogP contribution in [0.2, 0.25) is 0 Å². The predicted molar refractivity (Wildman–Crippen MR) is 115 cm³/mol. The smallest absolute Gasteiger partial charge is 0.125 e. The van der Waals surface area contributed by atoms with E-state index in [4.69, 9.17) is 15.0 Å². The van der Waals surface area contributed by atoms with Gasteiger partial charge in [-0.2, -0.15) is 0 Å². The summed E-state index contributed by atoms with van der Waals surface area (Å²) in [6.45, 7) is 6.60. The Morgan fingerprint density at radius 2 is 1.41 bits per heavy atom. The number of hydrogen-bond donors (Lipinski definition) is 2. The molecule has 142 valence electrons. The Kier molecular flexibility index (Phi) is 8.40. The summed E-state index contributed by atoms with van der Waals surface area (Å²) in [6.07, 6.45) is 0.